The fraction of sp³-hybridized carbons (Fsp3) is 0. The third-order valence-electron chi connectivity index (χ3n) is 4.41. The van der Waals surface area contributed by atoms with Gasteiger partial charge in [-0.25, -0.2) is 4.98 Å². The molecule has 3 nitrogen and oxygen atoms in total. The molecule has 0 saturated carbocycles. The van der Waals surface area contributed by atoms with Crippen LogP contribution >= 0.6 is 11.6 Å². The van der Waals surface area contributed by atoms with Crippen molar-refractivity contribution in [3.63, 3.8) is 0 Å². The summed E-state index contributed by atoms with van der Waals surface area (Å²) in [4.78, 5) is 21.2. The van der Waals surface area contributed by atoms with E-state index in [1.54, 1.807) is 42.6 Å². The molecule has 0 bridgehead atoms. The monoisotopic (exact) mass is 396 g/mol. The summed E-state index contributed by atoms with van der Waals surface area (Å²) < 4.78 is 0. The van der Waals surface area contributed by atoms with Crippen molar-refractivity contribution in [2.75, 3.05) is 0 Å². The molecule has 0 amide bonds. The number of allylic oxidation sites excluding steroid dienone is 2. The van der Waals surface area contributed by atoms with E-state index in [9.17, 15) is 4.79 Å². The Bertz CT molecular complexity index is 1210. The average Bonchev–Trinajstić information content (AvgIpc) is 2.77. The first-order valence-electron chi connectivity index (χ1n) is 9.15. The third kappa shape index (κ3) is 4.84. The van der Waals surface area contributed by atoms with Crippen LogP contribution in [0.5, 0.6) is 0 Å². The standard InChI is InChI=1S/C25H17ClN2O/c26-21-13-7-19(8-14-21)10-16-22(29)15-9-18-5-11-20(12-6-18)25-17-27-23-3-1-2-4-24(23)28-25/h1-17H. The summed E-state index contributed by atoms with van der Waals surface area (Å²) in [5.74, 6) is -0.0792. The second-order valence-electron chi connectivity index (χ2n) is 6.49. The zero-order valence-corrected chi connectivity index (χ0v) is 16.3. The number of para-hydroxylation sites is 2. The van der Waals surface area contributed by atoms with E-state index in [0.29, 0.717) is 5.02 Å². The Morgan fingerprint density at radius 3 is 2.00 bits per heavy atom. The Hall–Kier alpha value is -3.56. The lowest BCUT2D eigenvalue weighted by Crippen LogP contribution is -1.88. The molecule has 0 fully saturated rings. The van der Waals surface area contributed by atoms with E-state index in [2.05, 4.69) is 9.97 Å². The Morgan fingerprint density at radius 2 is 1.34 bits per heavy atom. The van der Waals surface area contributed by atoms with E-state index in [4.69, 9.17) is 11.6 Å². The number of benzene rings is 3. The molecular formula is C25H17ClN2O. The number of hydrogen-bond acceptors (Lipinski definition) is 3. The number of fused-ring (bicyclic) bond motifs is 1. The van der Waals surface area contributed by atoms with E-state index in [1.165, 1.54) is 0 Å². The first kappa shape index (κ1) is 18.8. The van der Waals surface area contributed by atoms with Crippen molar-refractivity contribution in [3.05, 3.63) is 107 Å². The Morgan fingerprint density at radius 1 is 0.759 bits per heavy atom. The second-order valence-corrected chi connectivity index (χ2v) is 6.92. The van der Waals surface area contributed by atoms with Gasteiger partial charge in [0.05, 0.1) is 22.9 Å². The van der Waals surface area contributed by atoms with Gasteiger partial charge in [0.15, 0.2) is 5.78 Å². The third-order valence-corrected chi connectivity index (χ3v) is 4.66. The van der Waals surface area contributed by atoms with Crippen LogP contribution in [0.25, 0.3) is 34.4 Å². The normalized spacial score (nSPS) is 11.5. The molecule has 4 aromatic rings. The van der Waals surface area contributed by atoms with Gasteiger partial charge in [-0.3, -0.25) is 9.78 Å². The molecule has 0 atom stereocenters. The van der Waals surface area contributed by atoms with Gasteiger partial charge in [0.1, 0.15) is 0 Å². The highest BCUT2D eigenvalue weighted by atomic mass is 35.5. The first-order chi connectivity index (χ1) is 14.2. The maximum Gasteiger partial charge on any atom is 0.178 e. The highest BCUT2D eigenvalue weighted by Gasteiger charge is 2.02. The number of hydrogen-bond donors (Lipinski definition) is 0. The molecule has 4 rings (SSSR count). The summed E-state index contributed by atoms with van der Waals surface area (Å²) in [6.07, 6.45) is 8.43. The summed E-state index contributed by atoms with van der Waals surface area (Å²) in [6.45, 7) is 0. The van der Waals surface area contributed by atoms with Gasteiger partial charge in [-0.2, -0.15) is 0 Å². The number of carbonyl (C=O) groups is 1. The lowest BCUT2D eigenvalue weighted by atomic mass is 10.1. The number of ketones is 1. The molecule has 29 heavy (non-hydrogen) atoms. The molecule has 140 valence electrons. The van der Waals surface area contributed by atoms with Crippen molar-refractivity contribution >= 4 is 40.6 Å². The van der Waals surface area contributed by atoms with Crippen LogP contribution in [-0.2, 0) is 4.79 Å². The van der Waals surface area contributed by atoms with Crippen LogP contribution in [0, 0.1) is 0 Å². The van der Waals surface area contributed by atoms with Crippen LogP contribution in [-0.4, -0.2) is 15.8 Å². The topological polar surface area (TPSA) is 42.9 Å². The SMILES string of the molecule is O=C(C=Cc1ccc(Cl)cc1)C=Cc1ccc(-c2cnc3ccccc3n2)cc1. The summed E-state index contributed by atoms with van der Waals surface area (Å²) in [6, 6.07) is 23.0. The summed E-state index contributed by atoms with van der Waals surface area (Å²) in [7, 11) is 0. The van der Waals surface area contributed by atoms with Crippen molar-refractivity contribution in [2.45, 2.75) is 0 Å². The van der Waals surface area contributed by atoms with Crippen LogP contribution in [0.3, 0.4) is 0 Å². The molecule has 0 aliphatic carbocycles. The van der Waals surface area contributed by atoms with Gasteiger partial charge < -0.3 is 0 Å². The van der Waals surface area contributed by atoms with Crippen LogP contribution in [0.1, 0.15) is 11.1 Å². The number of aromatic nitrogens is 2. The number of nitrogens with zero attached hydrogens (tertiary/aromatic N) is 2. The number of rotatable bonds is 5. The van der Waals surface area contributed by atoms with Crippen molar-refractivity contribution in [1.82, 2.24) is 9.97 Å². The zero-order chi connectivity index (χ0) is 20.1. The van der Waals surface area contributed by atoms with E-state index in [0.717, 1.165) is 33.4 Å². The Balaban J connectivity index is 1.44. The summed E-state index contributed by atoms with van der Waals surface area (Å²) in [5.41, 5.74) is 5.41. The van der Waals surface area contributed by atoms with E-state index >= 15 is 0 Å². The van der Waals surface area contributed by atoms with Gasteiger partial charge in [-0.15, -0.1) is 0 Å². The number of halogens is 1. The molecule has 0 N–H and O–H groups in total. The zero-order valence-electron chi connectivity index (χ0n) is 15.5. The van der Waals surface area contributed by atoms with Gasteiger partial charge in [0.2, 0.25) is 0 Å². The Labute approximate surface area is 174 Å². The molecule has 3 aromatic carbocycles. The van der Waals surface area contributed by atoms with Crippen LogP contribution in [0.2, 0.25) is 5.02 Å². The molecule has 1 heterocycles. The molecule has 0 unspecified atom stereocenters. The molecule has 4 heteroatoms. The van der Waals surface area contributed by atoms with Gasteiger partial charge in [0.25, 0.3) is 0 Å². The van der Waals surface area contributed by atoms with Gasteiger partial charge >= 0.3 is 0 Å². The van der Waals surface area contributed by atoms with Crippen molar-refractivity contribution in [1.29, 1.82) is 0 Å². The predicted molar refractivity (Wildman–Crippen MR) is 120 cm³/mol. The van der Waals surface area contributed by atoms with Gasteiger partial charge in [0, 0.05) is 10.6 Å². The van der Waals surface area contributed by atoms with Gasteiger partial charge in [-0.1, -0.05) is 72.3 Å². The van der Waals surface area contributed by atoms with Crippen LogP contribution < -0.4 is 0 Å². The van der Waals surface area contributed by atoms with Gasteiger partial charge in [-0.05, 0) is 47.5 Å². The average molecular weight is 397 g/mol. The molecule has 0 spiro atoms. The number of carbonyl (C=O) groups excluding carboxylic acids is 1. The smallest absolute Gasteiger partial charge is 0.178 e. The molecule has 1 aromatic heterocycles. The minimum atomic E-state index is -0.0792. The highest BCUT2D eigenvalue weighted by Crippen LogP contribution is 2.20. The van der Waals surface area contributed by atoms with Crippen molar-refractivity contribution in [2.24, 2.45) is 0 Å². The van der Waals surface area contributed by atoms with Crippen molar-refractivity contribution < 1.29 is 4.79 Å². The van der Waals surface area contributed by atoms with E-state index < -0.39 is 0 Å². The van der Waals surface area contributed by atoms with Crippen molar-refractivity contribution in [3.8, 4) is 11.3 Å². The van der Waals surface area contributed by atoms with Crippen LogP contribution in [0.4, 0.5) is 0 Å². The minimum absolute atomic E-state index is 0.0792. The molecule has 0 saturated heterocycles. The highest BCUT2D eigenvalue weighted by molar-refractivity contribution is 6.30. The fourth-order valence-corrected chi connectivity index (χ4v) is 2.97. The minimum Gasteiger partial charge on any atom is -0.290 e. The van der Waals surface area contributed by atoms with E-state index in [1.807, 2.05) is 60.7 Å². The lowest BCUT2D eigenvalue weighted by molar-refractivity contribution is -0.110. The first-order valence-corrected chi connectivity index (χ1v) is 9.53. The summed E-state index contributed by atoms with van der Waals surface area (Å²) >= 11 is 5.86. The predicted octanol–water partition coefficient (Wildman–Crippen LogP) is 6.25. The second kappa shape index (κ2) is 8.63. The quantitative estimate of drug-likeness (QED) is 0.374. The molecule has 0 aliphatic rings. The largest absolute Gasteiger partial charge is 0.290 e. The Kier molecular flexibility index (Phi) is 5.59. The summed E-state index contributed by atoms with van der Waals surface area (Å²) in [5, 5.41) is 0.673. The maximum atomic E-state index is 12.1. The van der Waals surface area contributed by atoms with E-state index in [-0.39, 0.29) is 5.78 Å². The van der Waals surface area contributed by atoms with Crippen LogP contribution in [0.15, 0.2) is 91.1 Å². The lowest BCUT2D eigenvalue weighted by Gasteiger charge is -2.03. The molecule has 0 aliphatic heterocycles. The molecular weight excluding hydrogens is 380 g/mol. The maximum absolute atomic E-state index is 12.1. The molecule has 0 radical (unpaired) electrons. The fourth-order valence-electron chi connectivity index (χ4n) is 2.85.